The second kappa shape index (κ2) is 5.21. The Hall–Kier alpha value is -0.840. The van der Waals surface area contributed by atoms with Crippen LogP contribution in [0.5, 0.6) is 0 Å². The monoisotopic (exact) mass is 290 g/mol. The summed E-state index contributed by atoms with van der Waals surface area (Å²) in [5.41, 5.74) is 5.17. The molecule has 0 aliphatic rings. The fraction of sp³-hybridized carbons (Fsp3) is 0.273. The molecule has 1 amide bonds. The van der Waals surface area contributed by atoms with Gasteiger partial charge in [-0.25, -0.2) is 0 Å². The van der Waals surface area contributed by atoms with Gasteiger partial charge in [0.05, 0.1) is 20.6 Å². The highest BCUT2D eigenvalue weighted by Crippen LogP contribution is 2.22. The van der Waals surface area contributed by atoms with Crippen LogP contribution in [0.3, 0.4) is 0 Å². The first-order chi connectivity index (χ1) is 7.74. The fourth-order valence-electron chi connectivity index (χ4n) is 1.05. The number of nitrogens with two attached hydrogens (primary N) is 1. The maximum atomic E-state index is 11.9. The molecule has 0 saturated heterocycles. The zero-order valence-electron chi connectivity index (χ0n) is 9.38. The number of halogens is 2. The van der Waals surface area contributed by atoms with Crippen LogP contribution in [-0.4, -0.2) is 16.4 Å². The van der Waals surface area contributed by atoms with Crippen LogP contribution in [0.15, 0.2) is 18.2 Å². The summed E-state index contributed by atoms with van der Waals surface area (Å²) < 4.78 is 0. The molecule has 0 saturated carbocycles. The van der Waals surface area contributed by atoms with Gasteiger partial charge in [-0.1, -0.05) is 35.4 Å². The molecule has 0 aliphatic carbocycles. The predicted molar refractivity (Wildman–Crippen MR) is 74.8 cm³/mol. The smallest absolute Gasteiger partial charge is 0.252 e. The van der Waals surface area contributed by atoms with Gasteiger partial charge in [0.2, 0.25) is 0 Å². The summed E-state index contributed by atoms with van der Waals surface area (Å²) in [5.74, 6) is -0.304. The second-order valence-corrected chi connectivity index (χ2v) is 5.33. The lowest BCUT2D eigenvalue weighted by Crippen LogP contribution is -2.52. The number of benzene rings is 1. The Morgan fingerprint density at radius 1 is 1.35 bits per heavy atom. The van der Waals surface area contributed by atoms with Gasteiger partial charge in [0.15, 0.2) is 0 Å². The van der Waals surface area contributed by atoms with Crippen LogP contribution in [0.2, 0.25) is 10.0 Å². The van der Waals surface area contributed by atoms with Crippen molar-refractivity contribution in [1.82, 2.24) is 5.32 Å². The Morgan fingerprint density at radius 3 is 2.41 bits per heavy atom. The molecule has 0 aliphatic heterocycles. The van der Waals surface area contributed by atoms with Gasteiger partial charge in [-0.05, 0) is 32.0 Å². The van der Waals surface area contributed by atoms with E-state index in [1.165, 1.54) is 6.07 Å². The van der Waals surface area contributed by atoms with Gasteiger partial charge in [-0.3, -0.25) is 4.79 Å². The van der Waals surface area contributed by atoms with Gasteiger partial charge in [0.1, 0.15) is 0 Å². The molecule has 0 radical (unpaired) electrons. The molecule has 0 unspecified atom stereocenters. The molecule has 1 aromatic carbocycles. The van der Waals surface area contributed by atoms with E-state index in [2.05, 4.69) is 5.32 Å². The molecule has 0 heterocycles. The summed E-state index contributed by atoms with van der Waals surface area (Å²) in [6.45, 7) is 3.45. The number of carbonyl (C=O) groups is 1. The Labute approximate surface area is 115 Å². The zero-order chi connectivity index (χ0) is 13.2. The Balaban J connectivity index is 2.91. The highest BCUT2D eigenvalue weighted by atomic mass is 35.5. The topological polar surface area (TPSA) is 55.1 Å². The predicted octanol–water partition coefficient (Wildman–Crippen LogP) is 2.79. The molecule has 17 heavy (non-hydrogen) atoms. The third-order valence-corrected chi connectivity index (χ3v) is 3.47. The standard InChI is InChI=1S/C11H12Cl2N2OS/c1-11(2,10(14)17)15-9(16)6-3-4-7(12)8(13)5-6/h3-5H,1-2H3,(H2,14,17)(H,15,16). The molecule has 0 aromatic heterocycles. The van der Waals surface area contributed by atoms with Gasteiger partial charge >= 0.3 is 0 Å². The molecule has 0 spiro atoms. The SMILES string of the molecule is CC(C)(NC(=O)c1ccc(Cl)c(Cl)c1)C(N)=S. The molecular formula is C11H12Cl2N2OS. The van der Waals surface area contributed by atoms with E-state index in [-0.39, 0.29) is 10.9 Å². The Kier molecular flexibility index (Phi) is 4.36. The lowest BCUT2D eigenvalue weighted by atomic mass is 10.0. The first-order valence-corrected chi connectivity index (χ1v) is 5.98. The third-order valence-electron chi connectivity index (χ3n) is 2.22. The van der Waals surface area contributed by atoms with Crippen molar-refractivity contribution in [3.63, 3.8) is 0 Å². The van der Waals surface area contributed by atoms with E-state index in [1.807, 2.05) is 0 Å². The lowest BCUT2D eigenvalue weighted by Gasteiger charge is -2.24. The summed E-state index contributed by atoms with van der Waals surface area (Å²) in [7, 11) is 0. The van der Waals surface area contributed by atoms with Crippen LogP contribution in [-0.2, 0) is 0 Å². The van der Waals surface area contributed by atoms with Crippen molar-refractivity contribution in [2.24, 2.45) is 5.73 Å². The van der Waals surface area contributed by atoms with E-state index in [4.69, 9.17) is 41.2 Å². The number of nitrogens with one attached hydrogen (secondary N) is 1. The molecule has 6 heteroatoms. The van der Waals surface area contributed by atoms with Crippen molar-refractivity contribution >= 4 is 46.3 Å². The molecular weight excluding hydrogens is 279 g/mol. The van der Waals surface area contributed by atoms with Gasteiger partial charge in [0.25, 0.3) is 5.91 Å². The maximum absolute atomic E-state index is 11.9. The van der Waals surface area contributed by atoms with Crippen molar-refractivity contribution in [3.8, 4) is 0 Å². The van der Waals surface area contributed by atoms with Gasteiger partial charge in [-0.2, -0.15) is 0 Å². The van der Waals surface area contributed by atoms with E-state index in [0.717, 1.165) is 0 Å². The first-order valence-electron chi connectivity index (χ1n) is 4.81. The number of hydrogen-bond donors (Lipinski definition) is 2. The number of carbonyl (C=O) groups excluding carboxylic acids is 1. The van der Waals surface area contributed by atoms with Crippen molar-refractivity contribution in [2.75, 3.05) is 0 Å². The second-order valence-electron chi connectivity index (χ2n) is 4.07. The van der Waals surface area contributed by atoms with E-state index in [9.17, 15) is 4.79 Å². The van der Waals surface area contributed by atoms with Crippen LogP contribution < -0.4 is 11.1 Å². The quantitative estimate of drug-likeness (QED) is 0.842. The van der Waals surface area contributed by atoms with Crippen molar-refractivity contribution < 1.29 is 4.79 Å². The largest absolute Gasteiger partial charge is 0.391 e. The van der Waals surface area contributed by atoms with E-state index < -0.39 is 5.54 Å². The van der Waals surface area contributed by atoms with Crippen LogP contribution in [0, 0.1) is 0 Å². The molecule has 0 bridgehead atoms. The summed E-state index contributed by atoms with van der Waals surface area (Å²) in [5, 5.41) is 3.44. The highest BCUT2D eigenvalue weighted by Gasteiger charge is 2.24. The Bertz CT molecular complexity index is 475. The zero-order valence-corrected chi connectivity index (χ0v) is 11.7. The van der Waals surface area contributed by atoms with E-state index >= 15 is 0 Å². The average Bonchev–Trinajstić information content (AvgIpc) is 2.21. The normalized spacial score (nSPS) is 11.1. The summed E-state index contributed by atoms with van der Waals surface area (Å²) in [6, 6.07) is 4.64. The summed E-state index contributed by atoms with van der Waals surface area (Å²) in [4.78, 5) is 12.1. The highest BCUT2D eigenvalue weighted by molar-refractivity contribution is 7.80. The fourth-order valence-corrected chi connectivity index (χ4v) is 1.40. The summed E-state index contributed by atoms with van der Waals surface area (Å²) in [6.07, 6.45) is 0. The maximum Gasteiger partial charge on any atom is 0.252 e. The molecule has 3 nitrogen and oxygen atoms in total. The van der Waals surface area contributed by atoms with Crippen LogP contribution >= 0.6 is 35.4 Å². The average molecular weight is 291 g/mol. The number of amides is 1. The minimum Gasteiger partial charge on any atom is -0.391 e. The van der Waals surface area contributed by atoms with Crippen molar-refractivity contribution in [1.29, 1.82) is 0 Å². The minimum atomic E-state index is -0.751. The van der Waals surface area contributed by atoms with Crippen LogP contribution in [0.4, 0.5) is 0 Å². The first kappa shape index (κ1) is 14.2. The minimum absolute atomic E-state index is 0.214. The van der Waals surface area contributed by atoms with Gasteiger partial charge in [0, 0.05) is 5.56 Å². The molecule has 92 valence electrons. The molecule has 3 N–H and O–H groups in total. The van der Waals surface area contributed by atoms with Crippen molar-refractivity contribution in [2.45, 2.75) is 19.4 Å². The van der Waals surface area contributed by atoms with E-state index in [0.29, 0.717) is 15.6 Å². The number of thiocarbonyl (C=S) groups is 1. The third kappa shape index (κ3) is 3.56. The molecule has 1 rings (SSSR count). The number of hydrogen-bond acceptors (Lipinski definition) is 2. The van der Waals surface area contributed by atoms with E-state index in [1.54, 1.807) is 26.0 Å². The lowest BCUT2D eigenvalue weighted by molar-refractivity contribution is 0.0932. The molecule has 1 aromatic rings. The van der Waals surface area contributed by atoms with Gasteiger partial charge < -0.3 is 11.1 Å². The molecule has 0 fully saturated rings. The summed E-state index contributed by atoms with van der Waals surface area (Å²) >= 11 is 16.5. The Morgan fingerprint density at radius 2 is 1.94 bits per heavy atom. The van der Waals surface area contributed by atoms with Crippen LogP contribution in [0.25, 0.3) is 0 Å². The van der Waals surface area contributed by atoms with Crippen LogP contribution in [0.1, 0.15) is 24.2 Å². The molecule has 0 atom stereocenters. The number of rotatable bonds is 3. The van der Waals surface area contributed by atoms with Gasteiger partial charge in [-0.15, -0.1) is 0 Å². The van der Waals surface area contributed by atoms with Crippen molar-refractivity contribution in [3.05, 3.63) is 33.8 Å².